The fourth-order valence-electron chi connectivity index (χ4n) is 5.85. The summed E-state index contributed by atoms with van der Waals surface area (Å²) < 4.78 is 31.8. The van der Waals surface area contributed by atoms with Crippen LogP contribution in [0.3, 0.4) is 0 Å². The van der Waals surface area contributed by atoms with Crippen LogP contribution >= 0.6 is 0 Å². The van der Waals surface area contributed by atoms with Crippen molar-refractivity contribution >= 4 is 0 Å². The van der Waals surface area contributed by atoms with E-state index in [1.165, 1.54) is 23.8 Å². The SMILES string of the molecule is CCCCc1c(C(F)F)n(CCC2CCCCC2)c(=O)n1Cc1ccc(-c2ccccc2-c2nn[nH]n2)cc1. The van der Waals surface area contributed by atoms with Gasteiger partial charge in [-0.2, -0.15) is 5.21 Å². The molecule has 2 aromatic carbocycles. The van der Waals surface area contributed by atoms with E-state index in [0.717, 1.165) is 54.4 Å². The lowest BCUT2D eigenvalue weighted by atomic mass is 9.87. The molecule has 0 amide bonds. The molecule has 2 heterocycles. The molecule has 1 saturated carbocycles. The lowest BCUT2D eigenvalue weighted by molar-refractivity contribution is 0.138. The van der Waals surface area contributed by atoms with Crippen LogP contribution in [0.25, 0.3) is 22.5 Å². The first-order valence-corrected chi connectivity index (χ1v) is 14.1. The monoisotopic (exact) mass is 534 g/mol. The quantitative estimate of drug-likeness (QED) is 0.230. The number of halogens is 2. The summed E-state index contributed by atoms with van der Waals surface area (Å²) >= 11 is 0. The molecule has 1 aliphatic carbocycles. The Morgan fingerprint density at radius 2 is 1.74 bits per heavy atom. The van der Waals surface area contributed by atoms with E-state index in [9.17, 15) is 13.6 Å². The van der Waals surface area contributed by atoms with Crippen LogP contribution in [0, 0.1) is 5.92 Å². The standard InChI is InChI=1S/C30H36F2N6O/c1-2-3-13-26-27(28(31)32)37(19-18-21-9-5-4-6-10-21)30(39)38(26)20-22-14-16-23(17-15-22)24-11-7-8-12-25(24)29-33-35-36-34-29/h7-8,11-12,14-17,21,28H,2-6,9-10,13,18-20H2,1H3,(H,33,34,35,36). The van der Waals surface area contributed by atoms with E-state index >= 15 is 0 Å². The van der Waals surface area contributed by atoms with Crippen molar-refractivity contribution in [2.75, 3.05) is 0 Å². The van der Waals surface area contributed by atoms with Crippen molar-refractivity contribution in [2.45, 2.75) is 84.2 Å². The molecule has 1 aliphatic rings. The Morgan fingerprint density at radius 1 is 1.00 bits per heavy atom. The lowest BCUT2D eigenvalue weighted by Crippen LogP contribution is -2.27. The number of nitrogens with zero attached hydrogens (tertiary/aromatic N) is 5. The van der Waals surface area contributed by atoms with Crippen molar-refractivity contribution in [2.24, 2.45) is 5.92 Å². The minimum atomic E-state index is -2.68. The minimum Gasteiger partial charge on any atom is -0.291 e. The molecule has 0 unspecified atom stereocenters. The van der Waals surface area contributed by atoms with Crippen LogP contribution in [0.15, 0.2) is 53.3 Å². The largest absolute Gasteiger partial charge is 0.329 e. The molecule has 4 aromatic rings. The van der Waals surface area contributed by atoms with Gasteiger partial charge in [0.05, 0.1) is 6.54 Å². The van der Waals surface area contributed by atoms with Gasteiger partial charge in [-0.3, -0.25) is 9.13 Å². The third-order valence-electron chi connectivity index (χ3n) is 7.95. The summed E-state index contributed by atoms with van der Waals surface area (Å²) in [5, 5.41) is 14.4. The maximum Gasteiger partial charge on any atom is 0.329 e. The predicted octanol–water partition coefficient (Wildman–Crippen LogP) is 6.80. The van der Waals surface area contributed by atoms with E-state index in [2.05, 4.69) is 20.6 Å². The summed E-state index contributed by atoms with van der Waals surface area (Å²) in [6, 6.07) is 15.7. The van der Waals surface area contributed by atoms with Gasteiger partial charge in [0.25, 0.3) is 6.43 Å². The number of hydrogen-bond donors (Lipinski definition) is 1. The Balaban J connectivity index is 1.44. The van der Waals surface area contributed by atoms with Crippen LogP contribution in [-0.4, -0.2) is 29.8 Å². The van der Waals surface area contributed by atoms with Crippen molar-refractivity contribution in [3.63, 3.8) is 0 Å². The maximum absolute atomic E-state index is 14.4. The average molecular weight is 535 g/mol. The van der Waals surface area contributed by atoms with E-state index in [1.54, 1.807) is 4.57 Å². The molecule has 1 fully saturated rings. The summed E-state index contributed by atoms with van der Waals surface area (Å²) in [5.41, 5.74) is 3.74. The second-order valence-electron chi connectivity index (χ2n) is 10.5. The van der Waals surface area contributed by atoms with Crippen LogP contribution in [-0.2, 0) is 19.5 Å². The van der Waals surface area contributed by atoms with Crippen molar-refractivity contribution < 1.29 is 8.78 Å². The van der Waals surface area contributed by atoms with Crippen molar-refractivity contribution in [1.82, 2.24) is 29.8 Å². The van der Waals surface area contributed by atoms with Crippen molar-refractivity contribution in [3.05, 3.63) is 76.0 Å². The molecule has 0 atom stereocenters. The molecule has 0 aliphatic heterocycles. The fraction of sp³-hybridized carbons (Fsp3) is 0.467. The summed E-state index contributed by atoms with van der Waals surface area (Å²) in [4.78, 5) is 13.6. The van der Waals surface area contributed by atoms with E-state index in [1.807, 2.05) is 55.5 Å². The van der Waals surface area contributed by atoms with E-state index < -0.39 is 6.43 Å². The zero-order valence-electron chi connectivity index (χ0n) is 22.5. The van der Waals surface area contributed by atoms with Gasteiger partial charge in [0.15, 0.2) is 0 Å². The third kappa shape index (κ3) is 6.02. The number of aromatic amines is 1. The molecule has 1 N–H and O–H groups in total. The molecule has 0 saturated heterocycles. The Hall–Kier alpha value is -3.62. The van der Waals surface area contributed by atoms with Crippen LogP contribution in [0.2, 0.25) is 0 Å². The highest BCUT2D eigenvalue weighted by molar-refractivity contribution is 5.80. The van der Waals surface area contributed by atoms with Crippen molar-refractivity contribution in [1.29, 1.82) is 0 Å². The number of benzene rings is 2. The number of nitrogens with one attached hydrogen (secondary N) is 1. The lowest BCUT2D eigenvalue weighted by Gasteiger charge is -2.21. The summed E-state index contributed by atoms with van der Waals surface area (Å²) in [6.45, 7) is 2.66. The number of imidazole rings is 1. The Morgan fingerprint density at radius 3 is 2.41 bits per heavy atom. The number of tetrazole rings is 1. The minimum absolute atomic E-state index is 0.0880. The highest BCUT2D eigenvalue weighted by atomic mass is 19.3. The van der Waals surface area contributed by atoms with Crippen LogP contribution < -0.4 is 5.69 Å². The Kier molecular flexibility index (Phi) is 8.64. The van der Waals surface area contributed by atoms with Gasteiger partial charge in [-0.1, -0.05) is 94.0 Å². The van der Waals surface area contributed by atoms with Crippen molar-refractivity contribution in [3.8, 4) is 22.5 Å². The predicted molar refractivity (Wildman–Crippen MR) is 148 cm³/mol. The van der Waals surface area contributed by atoms with Crippen LogP contribution in [0.5, 0.6) is 0 Å². The first-order valence-electron chi connectivity index (χ1n) is 14.1. The Labute approximate surface area is 227 Å². The van der Waals surface area contributed by atoms with Crippen LogP contribution in [0.4, 0.5) is 8.78 Å². The van der Waals surface area contributed by atoms with Gasteiger partial charge in [0.2, 0.25) is 5.82 Å². The molecule has 206 valence electrons. The zero-order chi connectivity index (χ0) is 27.2. The number of H-pyrrole nitrogens is 1. The third-order valence-corrected chi connectivity index (χ3v) is 7.95. The van der Waals surface area contributed by atoms with Gasteiger partial charge in [0.1, 0.15) is 5.69 Å². The molecule has 2 aromatic heterocycles. The molecule has 5 rings (SSSR count). The first-order chi connectivity index (χ1) is 19.1. The van der Waals surface area contributed by atoms with E-state index in [-0.39, 0.29) is 17.9 Å². The second kappa shape index (κ2) is 12.5. The molecular weight excluding hydrogens is 498 g/mol. The van der Waals surface area contributed by atoms with Gasteiger partial charge >= 0.3 is 5.69 Å². The summed E-state index contributed by atoms with van der Waals surface area (Å²) in [6.07, 6.45) is 6.10. The number of rotatable bonds is 11. The van der Waals surface area contributed by atoms with Gasteiger partial charge in [-0.05, 0) is 47.1 Å². The molecule has 0 bridgehead atoms. The zero-order valence-corrected chi connectivity index (χ0v) is 22.5. The number of hydrogen-bond acceptors (Lipinski definition) is 4. The molecular formula is C30H36F2N6O. The number of alkyl halides is 2. The number of aromatic nitrogens is 6. The summed E-state index contributed by atoms with van der Waals surface area (Å²) in [7, 11) is 0. The molecule has 9 heteroatoms. The van der Waals surface area contributed by atoms with E-state index in [4.69, 9.17) is 0 Å². The summed E-state index contributed by atoms with van der Waals surface area (Å²) in [5.74, 6) is 1.03. The first kappa shape index (κ1) is 27.0. The highest BCUT2D eigenvalue weighted by Gasteiger charge is 2.26. The molecule has 7 nitrogen and oxygen atoms in total. The number of unbranched alkanes of at least 4 members (excludes halogenated alkanes) is 1. The van der Waals surface area contributed by atoms with Gasteiger partial charge in [0, 0.05) is 17.8 Å². The van der Waals surface area contributed by atoms with Gasteiger partial charge in [-0.25, -0.2) is 13.6 Å². The second-order valence-corrected chi connectivity index (χ2v) is 10.5. The Bertz CT molecular complexity index is 1400. The van der Waals surface area contributed by atoms with E-state index in [0.29, 0.717) is 30.4 Å². The molecule has 0 spiro atoms. The topological polar surface area (TPSA) is 81.4 Å². The molecule has 0 radical (unpaired) electrons. The highest BCUT2D eigenvalue weighted by Crippen LogP contribution is 2.31. The fourth-order valence-corrected chi connectivity index (χ4v) is 5.85. The van der Waals surface area contributed by atoms with Gasteiger partial charge < -0.3 is 0 Å². The normalized spacial score (nSPS) is 14.4. The van der Waals surface area contributed by atoms with Gasteiger partial charge in [-0.15, -0.1) is 10.2 Å². The maximum atomic E-state index is 14.4. The average Bonchev–Trinajstić information content (AvgIpc) is 3.59. The van der Waals surface area contributed by atoms with Crippen LogP contribution in [0.1, 0.15) is 81.7 Å². The smallest absolute Gasteiger partial charge is 0.291 e. The molecule has 39 heavy (non-hydrogen) atoms.